The van der Waals surface area contributed by atoms with Crippen molar-refractivity contribution in [2.75, 3.05) is 7.11 Å². The second kappa shape index (κ2) is 5.27. The van der Waals surface area contributed by atoms with E-state index in [1.165, 1.54) is 12.1 Å². The second-order valence-corrected chi connectivity index (χ2v) is 4.96. The summed E-state index contributed by atoms with van der Waals surface area (Å²) in [6, 6.07) is 4.75. The minimum Gasteiger partial charge on any atom is -0.504 e. The Morgan fingerprint density at radius 2 is 1.62 bits per heavy atom. The van der Waals surface area contributed by atoms with E-state index < -0.39 is 45.1 Å². The minimum atomic E-state index is -0.787. The molecular formula is C16H12O8. The average molecular weight is 332 g/mol. The fraction of sp³-hybridized carbons (Fsp3) is 0.0625. The number of ether oxygens (including phenoxy) is 1. The topological polar surface area (TPSA) is 141 Å². The molecule has 1 aromatic heterocycles. The predicted molar refractivity (Wildman–Crippen MR) is 82.8 cm³/mol. The Morgan fingerprint density at radius 3 is 2.25 bits per heavy atom. The van der Waals surface area contributed by atoms with Crippen molar-refractivity contribution < 1.29 is 34.7 Å². The summed E-state index contributed by atoms with van der Waals surface area (Å²) in [6.45, 7) is 0. The van der Waals surface area contributed by atoms with Crippen LogP contribution in [0.3, 0.4) is 0 Å². The molecule has 1 heterocycles. The van der Waals surface area contributed by atoms with Crippen LogP contribution in [-0.2, 0) is 0 Å². The maximum atomic E-state index is 12.3. The van der Waals surface area contributed by atoms with Crippen molar-refractivity contribution in [3.8, 4) is 45.8 Å². The smallest absolute Gasteiger partial charge is 0.210 e. The molecule has 8 heteroatoms. The van der Waals surface area contributed by atoms with Gasteiger partial charge in [-0.15, -0.1) is 0 Å². The van der Waals surface area contributed by atoms with Gasteiger partial charge in [0, 0.05) is 11.6 Å². The molecule has 24 heavy (non-hydrogen) atoms. The Morgan fingerprint density at radius 1 is 0.917 bits per heavy atom. The molecule has 0 atom stereocenters. The number of aromatic hydroxyl groups is 5. The van der Waals surface area contributed by atoms with Crippen LogP contribution >= 0.6 is 0 Å². The van der Waals surface area contributed by atoms with Gasteiger partial charge in [0.25, 0.3) is 0 Å². The number of phenolic OH excluding ortho intramolecular Hbond substituents is 5. The summed E-state index contributed by atoms with van der Waals surface area (Å²) in [5, 5.41) is 48.3. The third-order valence-corrected chi connectivity index (χ3v) is 3.52. The van der Waals surface area contributed by atoms with E-state index in [0.29, 0.717) is 0 Å². The van der Waals surface area contributed by atoms with E-state index >= 15 is 0 Å². The van der Waals surface area contributed by atoms with Gasteiger partial charge in [-0.2, -0.15) is 0 Å². The van der Waals surface area contributed by atoms with Crippen molar-refractivity contribution in [2.24, 2.45) is 0 Å². The van der Waals surface area contributed by atoms with Gasteiger partial charge in [0.2, 0.25) is 17.2 Å². The predicted octanol–water partition coefficient (Wildman–Crippen LogP) is 2.00. The second-order valence-electron chi connectivity index (χ2n) is 4.96. The lowest BCUT2D eigenvalue weighted by Gasteiger charge is -2.11. The third kappa shape index (κ3) is 2.12. The molecule has 2 aromatic carbocycles. The van der Waals surface area contributed by atoms with Crippen molar-refractivity contribution >= 4 is 11.0 Å². The normalized spacial score (nSPS) is 10.9. The fourth-order valence-electron chi connectivity index (χ4n) is 2.34. The lowest BCUT2D eigenvalue weighted by molar-refractivity contribution is 0.330. The van der Waals surface area contributed by atoms with Crippen LogP contribution in [0.15, 0.2) is 33.5 Å². The summed E-state index contributed by atoms with van der Waals surface area (Å²) in [5.74, 6) is -3.50. The van der Waals surface area contributed by atoms with Gasteiger partial charge in [-0.1, -0.05) is 0 Å². The molecule has 0 amide bonds. The molecule has 3 rings (SSSR count). The first-order valence-corrected chi connectivity index (χ1v) is 6.66. The van der Waals surface area contributed by atoms with E-state index in [1.54, 1.807) is 0 Å². The number of hydrogen-bond donors (Lipinski definition) is 5. The first-order chi connectivity index (χ1) is 11.3. The number of fused-ring (bicyclic) bond motifs is 1. The summed E-state index contributed by atoms with van der Waals surface area (Å²) in [5.41, 5.74) is -0.878. The highest BCUT2D eigenvalue weighted by atomic mass is 16.5. The van der Waals surface area contributed by atoms with Crippen LogP contribution in [0, 0.1) is 0 Å². The molecule has 8 nitrogen and oxygen atoms in total. The summed E-state index contributed by atoms with van der Waals surface area (Å²) in [7, 11) is 1.15. The quantitative estimate of drug-likeness (QED) is 0.354. The largest absolute Gasteiger partial charge is 0.504 e. The van der Waals surface area contributed by atoms with E-state index in [2.05, 4.69) is 0 Å². The highest BCUT2D eigenvalue weighted by molar-refractivity contribution is 5.94. The Bertz CT molecular complexity index is 1020. The van der Waals surface area contributed by atoms with Crippen molar-refractivity contribution in [3.63, 3.8) is 0 Å². The number of benzene rings is 2. The van der Waals surface area contributed by atoms with Crippen LogP contribution in [0.5, 0.6) is 34.5 Å². The number of hydrogen-bond acceptors (Lipinski definition) is 8. The lowest BCUT2D eigenvalue weighted by Crippen LogP contribution is -2.02. The molecule has 0 bridgehead atoms. The van der Waals surface area contributed by atoms with Crippen LogP contribution in [0.2, 0.25) is 0 Å². The number of phenols is 5. The molecule has 3 aromatic rings. The number of rotatable bonds is 2. The Hall–Kier alpha value is -3.55. The van der Waals surface area contributed by atoms with Gasteiger partial charge in [0.1, 0.15) is 11.1 Å². The van der Waals surface area contributed by atoms with Crippen LogP contribution in [0.25, 0.3) is 22.3 Å². The maximum absolute atomic E-state index is 12.3. The molecule has 5 N–H and O–H groups in total. The van der Waals surface area contributed by atoms with Crippen molar-refractivity contribution in [2.45, 2.75) is 0 Å². The Balaban J connectivity index is 2.38. The van der Waals surface area contributed by atoms with Crippen molar-refractivity contribution in [1.82, 2.24) is 0 Å². The molecule has 0 fully saturated rings. The van der Waals surface area contributed by atoms with Gasteiger partial charge < -0.3 is 34.7 Å². The molecule has 0 saturated carbocycles. The minimum absolute atomic E-state index is 0.0368. The standard InChI is InChI=1S/C16H12O8/c1-23-16-13(21)12(20)11-9(19)5-10(24-15(11)14(16)22)6-2-3-7(17)8(18)4-6/h2-5,17-18,20-22H,1H3. The first kappa shape index (κ1) is 15.3. The zero-order valence-electron chi connectivity index (χ0n) is 12.3. The molecule has 124 valence electrons. The number of methoxy groups -OCH3 is 1. The SMILES string of the molecule is COc1c(O)c(O)c2c(=O)cc(-c3ccc(O)c(O)c3)oc2c1O. The van der Waals surface area contributed by atoms with Gasteiger partial charge in [-0.3, -0.25) is 4.79 Å². The highest BCUT2D eigenvalue weighted by Gasteiger charge is 2.24. The molecule has 0 spiro atoms. The van der Waals surface area contributed by atoms with E-state index in [0.717, 1.165) is 19.2 Å². The van der Waals surface area contributed by atoms with E-state index in [-0.39, 0.29) is 17.1 Å². The Labute approximate surface area is 134 Å². The van der Waals surface area contributed by atoms with Gasteiger partial charge >= 0.3 is 0 Å². The molecule has 0 radical (unpaired) electrons. The summed E-state index contributed by atoms with van der Waals surface area (Å²) < 4.78 is 10.2. The average Bonchev–Trinajstić information content (AvgIpc) is 2.55. The highest BCUT2D eigenvalue weighted by Crippen LogP contribution is 2.48. The van der Waals surface area contributed by atoms with Gasteiger partial charge in [-0.25, -0.2) is 0 Å². The van der Waals surface area contributed by atoms with Crippen molar-refractivity contribution in [1.29, 1.82) is 0 Å². The zero-order chi connectivity index (χ0) is 17.6. The molecule has 0 unspecified atom stereocenters. The van der Waals surface area contributed by atoms with Gasteiger partial charge in [-0.05, 0) is 18.2 Å². The van der Waals surface area contributed by atoms with Crippen LogP contribution < -0.4 is 10.2 Å². The molecular weight excluding hydrogens is 320 g/mol. The van der Waals surface area contributed by atoms with Crippen molar-refractivity contribution in [3.05, 3.63) is 34.5 Å². The lowest BCUT2D eigenvalue weighted by atomic mass is 10.1. The third-order valence-electron chi connectivity index (χ3n) is 3.52. The molecule has 0 aliphatic carbocycles. The van der Waals surface area contributed by atoms with Crippen LogP contribution in [0.1, 0.15) is 0 Å². The summed E-state index contributed by atoms with van der Waals surface area (Å²) in [4.78, 5) is 12.3. The monoisotopic (exact) mass is 332 g/mol. The molecule has 0 aliphatic heterocycles. The van der Waals surface area contributed by atoms with E-state index in [4.69, 9.17) is 9.15 Å². The zero-order valence-corrected chi connectivity index (χ0v) is 12.3. The Kier molecular flexibility index (Phi) is 3.37. The summed E-state index contributed by atoms with van der Waals surface area (Å²) in [6.07, 6.45) is 0. The maximum Gasteiger partial charge on any atom is 0.210 e. The van der Waals surface area contributed by atoms with Gasteiger partial charge in [0.15, 0.2) is 28.3 Å². The molecule has 0 saturated heterocycles. The van der Waals surface area contributed by atoms with E-state index in [1.807, 2.05) is 0 Å². The molecule has 0 aliphatic rings. The first-order valence-electron chi connectivity index (χ1n) is 6.66. The van der Waals surface area contributed by atoms with Crippen LogP contribution in [0.4, 0.5) is 0 Å². The summed E-state index contributed by atoms with van der Waals surface area (Å²) >= 11 is 0. The fourth-order valence-corrected chi connectivity index (χ4v) is 2.34. The van der Waals surface area contributed by atoms with Gasteiger partial charge in [0.05, 0.1) is 7.11 Å². The van der Waals surface area contributed by atoms with Crippen LogP contribution in [-0.4, -0.2) is 32.6 Å². The van der Waals surface area contributed by atoms with E-state index in [9.17, 15) is 30.3 Å².